The summed E-state index contributed by atoms with van der Waals surface area (Å²) in [5.41, 5.74) is 5.72. The van der Waals surface area contributed by atoms with E-state index >= 15 is 0 Å². The molecular formula is C28H25N3O2S. The second kappa shape index (κ2) is 9.23. The lowest BCUT2D eigenvalue weighted by molar-refractivity contribution is -0.114. The molecule has 4 aromatic rings. The summed E-state index contributed by atoms with van der Waals surface area (Å²) in [6.07, 6.45) is 4.65. The zero-order chi connectivity index (χ0) is 23.7. The molecule has 2 N–H and O–H groups in total. The molecule has 34 heavy (non-hydrogen) atoms. The van der Waals surface area contributed by atoms with Gasteiger partial charge < -0.3 is 15.2 Å². The van der Waals surface area contributed by atoms with Gasteiger partial charge in [0.2, 0.25) is 0 Å². The zero-order valence-electron chi connectivity index (χ0n) is 19.1. The standard InChI is InChI=1S/C28H25N3O2S/c1-18-6-5-7-19(14-18)15-26-28(33)31(2)24-16-20(10-11-25(24)34-26)27(32)29-13-12-21-17-30-23-9-4-3-8-22(21)23/h3-11,14-17,30H,12-13H2,1-2H3,(H,29,32). The maximum Gasteiger partial charge on any atom is 0.264 e. The van der Waals surface area contributed by atoms with E-state index in [1.807, 2.05) is 67.7 Å². The van der Waals surface area contributed by atoms with Gasteiger partial charge in [-0.25, -0.2) is 0 Å². The van der Waals surface area contributed by atoms with E-state index in [4.69, 9.17) is 0 Å². The monoisotopic (exact) mass is 467 g/mol. The van der Waals surface area contributed by atoms with Gasteiger partial charge in [-0.15, -0.1) is 0 Å². The van der Waals surface area contributed by atoms with Crippen LogP contribution in [0.2, 0.25) is 0 Å². The Hall–Kier alpha value is -3.77. The molecule has 0 atom stereocenters. The number of benzene rings is 3. The Bertz CT molecular complexity index is 1440. The number of aryl methyl sites for hydroxylation is 1. The maximum atomic E-state index is 13.0. The van der Waals surface area contributed by atoms with Gasteiger partial charge in [-0.05, 0) is 54.8 Å². The van der Waals surface area contributed by atoms with Crippen molar-refractivity contribution in [2.45, 2.75) is 18.2 Å². The van der Waals surface area contributed by atoms with Crippen LogP contribution in [0.5, 0.6) is 0 Å². The first-order chi connectivity index (χ1) is 16.5. The Balaban J connectivity index is 1.29. The van der Waals surface area contributed by atoms with Gasteiger partial charge in [-0.1, -0.05) is 59.8 Å². The van der Waals surface area contributed by atoms with Crippen molar-refractivity contribution in [2.24, 2.45) is 0 Å². The highest BCUT2D eigenvalue weighted by atomic mass is 32.2. The molecule has 5 nitrogen and oxygen atoms in total. The topological polar surface area (TPSA) is 65.2 Å². The second-order valence-electron chi connectivity index (χ2n) is 8.44. The third kappa shape index (κ3) is 4.37. The van der Waals surface area contributed by atoms with E-state index in [9.17, 15) is 9.59 Å². The van der Waals surface area contributed by atoms with Gasteiger partial charge in [0, 0.05) is 41.2 Å². The first kappa shape index (κ1) is 22.0. The number of H-pyrrole nitrogens is 1. The maximum absolute atomic E-state index is 13.0. The molecule has 1 aliphatic rings. The summed E-state index contributed by atoms with van der Waals surface area (Å²) in [7, 11) is 1.75. The Kier molecular flexibility index (Phi) is 5.99. The fourth-order valence-electron chi connectivity index (χ4n) is 4.20. The summed E-state index contributed by atoms with van der Waals surface area (Å²) in [6.45, 7) is 2.57. The molecule has 0 spiro atoms. The molecule has 2 heterocycles. The largest absolute Gasteiger partial charge is 0.361 e. The summed E-state index contributed by atoms with van der Waals surface area (Å²) < 4.78 is 0. The molecule has 0 saturated heterocycles. The molecule has 0 saturated carbocycles. The van der Waals surface area contributed by atoms with Crippen molar-refractivity contribution < 1.29 is 9.59 Å². The van der Waals surface area contributed by atoms with E-state index < -0.39 is 0 Å². The van der Waals surface area contributed by atoms with Crippen molar-refractivity contribution in [2.75, 3.05) is 18.5 Å². The van der Waals surface area contributed by atoms with Gasteiger partial charge in [-0.2, -0.15) is 0 Å². The minimum absolute atomic E-state index is 0.0732. The van der Waals surface area contributed by atoms with Crippen molar-refractivity contribution >= 4 is 46.2 Å². The van der Waals surface area contributed by atoms with Crippen molar-refractivity contribution in [1.82, 2.24) is 10.3 Å². The number of para-hydroxylation sites is 1. The highest BCUT2D eigenvalue weighted by molar-refractivity contribution is 8.04. The van der Waals surface area contributed by atoms with Crippen molar-refractivity contribution in [3.8, 4) is 0 Å². The smallest absolute Gasteiger partial charge is 0.264 e. The molecule has 1 aromatic heterocycles. The number of nitrogens with one attached hydrogen (secondary N) is 2. The number of nitrogens with zero attached hydrogens (tertiary/aromatic N) is 1. The normalized spacial score (nSPS) is 14.5. The molecule has 0 aliphatic carbocycles. The summed E-state index contributed by atoms with van der Waals surface area (Å²) in [6, 6.07) is 21.7. The number of likely N-dealkylation sites (N-methyl/N-ethyl adjacent to an activating group) is 1. The van der Waals surface area contributed by atoms with Gasteiger partial charge in [0.25, 0.3) is 11.8 Å². The number of aromatic amines is 1. The highest BCUT2D eigenvalue weighted by Gasteiger charge is 2.27. The zero-order valence-corrected chi connectivity index (χ0v) is 19.9. The lowest BCUT2D eigenvalue weighted by Crippen LogP contribution is -2.31. The lowest BCUT2D eigenvalue weighted by atomic mass is 10.1. The molecule has 0 radical (unpaired) electrons. The number of hydrogen-bond donors (Lipinski definition) is 2. The summed E-state index contributed by atoms with van der Waals surface area (Å²) in [5, 5.41) is 4.19. The van der Waals surface area contributed by atoms with E-state index in [0.29, 0.717) is 17.0 Å². The minimum Gasteiger partial charge on any atom is -0.361 e. The highest BCUT2D eigenvalue weighted by Crippen LogP contribution is 2.42. The quantitative estimate of drug-likeness (QED) is 0.378. The number of thioether (sulfide) groups is 1. The number of carbonyl (C=O) groups is 2. The Morgan fingerprint density at radius 2 is 1.94 bits per heavy atom. The Labute approximate surface area is 202 Å². The van der Waals surface area contributed by atoms with Crippen LogP contribution in [-0.2, 0) is 11.2 Å². The molecule has 0 fully saturated rings. The molecule has 3 aromatic carbocycles. The average molecular weight is 468 g/mol. The predicted octanol–water partition coefficient (Wildman–Crippen LogP) is 5.56. The van der Waals surface area contributed by atoms with Gasteiger partial charge in [0.15, 0.2) is 0 Å². The van der Waals surface area contributed by atoms with E-state index in [-0.39, 0.29) is 11.8 Å². The van der Waals surface area contributed by atoms with Crippen LogP contribution in [0.1, 0.15) is 27.0 Å². The Morgan fingerprint density at radius 1 is 1.09 bits per heavy atom. The molecule has 6 heteroatoms. The van der Waals surface area contributed by atoms with E-state index in [1.165, 1.54) is 22.7 Å². The first-order valence-corrected chi connectivity index (χ1v) is 12.0. The van der Waals surface area contributed by atoms with Gasteiger partial charge in [0.1, 0.15) is 0 Å². The molecule has 5 rings (SSSR count). The van der Waals surface area contributed by atoms with Crippen LogP contribution in [0.15, 0.2) is 82.7 Å². The second-order valence-corrected chi connectivity index (χ2v) is 9.52. The van der Waals surface area contributed by atoms with E-state index in [0.717, 1.165) is 33.6 Å². The summed E-state index contributed by atoms with van der Waals surface area (Å²) in [4.78, 5) is 32.3. The third-order valence-corrected chi connectivity index (χ3v) is 7.09. The van der Waals surface area contributed by atoms with Crippen molar-refractivity contribution in [3.63, 3.8) is 0 Å². The molecule has 0 bridgehead atoms. The van der Waals surface area contributed by atoms with E-state index in [2.05, 4.69) is 22.4 Å². The average Bonchev–Trinajstić information content (AvgIpc) is 3.25. The fraction of sp³-hybridized carbons (Fsp3) is 0.143. The predicted molar refractivity (Wildman–Crippen MR) is 139 cm³/mol. The van der Waals surface area contributed by atoms with Crippen molar-refractivity contribution in [1.29, 1.82) is 0 Å². The van der Waals surface area contributed by atoms with Crippen LogP contribution < -0.4 is 10.2 Å². The number of fused-ring (bicyclic) bond motifs is 2. The van der Waals surface area contributed by atoms with Crippen LogP contribution in [-0.4, -0.2) is 30.4 Å². The van der Waals surface area contributed by atoms with Gasteiger partial charge in [0.05, 0.1) is 10.6 Å². The van der Waals surface area contributed by atoms with Crippen molar-refractivity contribution in [3.05, 3.63) is 100 Å². The van der Waals surface area contributed by atoms with Crippen LogP contribution >= 0.6 is 11.8 Å². The number of amides is 2. The molecule has 2 amide bonds. The number of aromatic nitrogens is 1. The molecule has 0 unspecified atom stereocenters. The first-order valence-electron chi connectivity index (χ1n) is 11.2. The number of anilines is 1. The number of carbonyl (C=O) groups excluding carboxylic acids is 2. The van der Waals surface area contributed by atoms with Crippen LogP contribution in [0, 0.1) is 6.92 Å². The molecule has 170 valence electrons. The van der Waals surface area contributed by atoms with Gasteiger partial charge >= 0.3 is 0 Å². The van der Waals surface area contributed by atoms with E-state index in [1.54, 1.807) is 18.0 Å². The number of hydrogen-bond acceptors (Lipinski definition) is 3. The molecular weight excluding hydrogens is 442 g/mol. The van der Waals surface area contributed by atoms with Crippen LogP contribution in [0.3, 0.4) is 0 Å². The van der Waals surface area contributed by atoms with Crippen LogP contribution in [0.4, 0.5) is 5.69 Å². The Morgan fingerprint density at radius 3 is 2.79 bits per heavy atom. The third-order valence-electron chi connectivity index (χ3n) is 6.01. The van der Waals surface area contributed by atoms with Gasteiger partial charge in [-0.3, -0.25) is 9.59 Å². The molecule has 1 aliphatic heterocycles. The summed E-state index contributed by atoms with van der Waals surface area (Å²) in [5.74, 6) is -0.217. The minimum atomic E-state index is -0.144. The lowest BCUT2D eigenvalue weighted by Gasteiger charge is -2.27. The fourth-order valence-corrected chi connectivity index (χ4v) is 5.29. The SMILES string of the molecule is Cc1cccc(C=C2Sc3ccc(C(=O)NCCc4c[nH]c5ccccc45)cc3N(C)C2=O)c1. The summed E-state index contributed by atoms with van der Waals surface area (Å²) >= 11 is 1.44. The van der Waals surface area contributed by atoms with Crippen LogP contribution in [0.25, 0.3) is 17.0 Å². The number of rotatable bonds is 5.